The van der Waals surface area contributed by atoms with Gasteiger partial charge in [-0.05, 0) is 42.5 Å². The van der Waals surface area contributed by atoms with Crippen LogP contribution in [0, 0.1) is 0 Å². The molecule has 0 spiro atoms. The molecule has 1 aliphatic rings. The number of nitrogens with zero attached hydrogens (tertiary/aromatic N) is 3. The first-order valence-corrected chi connectivity index (χ1v) is 11.1. The summed E-state index contributed by atoms with van der Waals surface area (Å²) in [5, 5.41) is 10.6. The molecule has 162 valence electrons. The van der Waals surface area contributed by atoms with E-state index >= 15 is 0 Å². The number of ether oxygens (including phenoxy) is 1. The van der Waals surface area contributed by atoms with E-state index in [0.717, 1.165) is 10.8 Å². The molecule has 1 saturated heterocycles. The molecule has 0 aliphatic carbocycles. The topological polar surface area (TPSA) is 111 Å². The fourth-order valence-electron chi connectivity index (χ4n) is 3.28. The van der Waals surface area contributed by atoms with Crippen LogP contribution in [-0.2, 0) is 14.8 Å². The molecule has 3 aromatic rings. The van der Waals surface area contributed by atoms with E-state index in [0.29, 0.717) is 40.9 Å². The first kappa shape index (κ1) is 21.2. The van der Waals surface area contributed by atoms with E-state index < -0.39 is 21.6 Å². The molecule has 0 bridgehead atoms. The SMILES string of the molecule is O=C(c1cccc(-n2cc(O)n(S(=O)(=O)c3ccc(Cl)cc3)c2=O)c1)N1CCOCC1. The van der Waals surface area contributed by atoms with Crippen LogP contribution in [0.15, 0.2) is 64.4 Å². The Labute approximate surface area is 182 Å². The summed E-state index contributed by atoms with van der Waals surface area (Å²) in [6, 6.07) is 11.4. The Morgan fingerprint density at radius 2 is 1.74 bits per heavy atom. The van der Waals surface area contributed by atoms with Gasteiger partial charge in [-0.2, -0.15) is 0 Å². The normalized spacial score (nSPS) is 14.5. The van der Waals surface area contributed by atoms with Crippen LogP contribution in [0.4, 0.5) is 0 Å². The molecule has 0 atom stereocenters. The lowest BCUT2D eigenvalue weighted by molar-refractivity contribution is 0.0303. The van der Waals surface area contributed by atoms with E-state index in [9.17, 15) is 23.1 Å². The van der Waals surface area contributed by atoms with E-state index in [2.05, 4.69) is 0 Å². The van der Waals surface area contributed by atoms with Gasteiger partial charge in [0, 0.05) is 23.7 Å². The van der Waals surface area contributed by atoms with Crippen LogP contribution < -0.4 is 5.69 Å². The number of morpholine rings is 1. The van der Waals surface area contributed by atoms with Crippen LogP contribution in [0.1, 0.15) is 10.4 Å². The molecule has 4 rings (SSSR count). The van der Waals surface area contributed by atoms with E-state index in [-0.39, 0.29) is 16.5 Å². The number of amides is 1. The quantitative estimate of drug-likeness (QED) is 0.630. The zero-order valence-electron chi connectivity index (χ0n) is 16.1. The van der Waals surface area contributed by atoms with Crippen molar-refractivity contribution < 1.29 is 23.1 Å². The second-order valence-electron chi connectivity index (χ2n) is 6.82. The molecule has 0 saturated carbocycles. The predicted octanol–water partition coefficient (Wildman–Crippen LogP) is 1.71. The molecule has 1 aliphatic heterocycles. The number of aromatic hydroxyl groups is 1. The number of hydrogen-bond donors (Lipinski definition) is 1. The van der Waals surface area contributed by atoms with Gasteiger partial charge in [0.15, 0.2) is 0 Å². The number of aromatic nitrogens is 2. The lowest BCUT2D eigenvalue weighted by atomic mass is 10.1. The Balaban J connectivity index is 1.73. The summed E-state index contributed by atoms with van der Waals surface area (Å²) in [7, 11) is -4.36. The highest BCUT2D eigenvalue weighted by molar-refractivity contribution is 7.90. The second kappa shape index (κ2) is 8.22. The van der Waals surface area contributed by atoms with E-state index in [1.54, 1.807) is 17.0 Å². The third-order valence-electron chi connectivity index (χ3n) is 4.85. The summed E-state index contributed by atoms with van der Waals surface area (Å²) < 4.78 is 32.3. The predicted molar refractivity (Wildman–Crippen MR) is 112 cm³/mol. The number of carbonyl (C=O) groups is 1. The van der Waals surface area contributed by atoms with Crippen molar-refractivity contribution in [3.63, 3.8) is 0 Å². The van der Waals surface area contributed by atoms with Gasteiger partial charge in [0.1, 0.15) is 0 Å². The third-order valence-corrected chi connectivity index (χ3v) is 6.80. The molecule has 1 amide bonds. The van der Waals surface area contributed by atoms with Crippen molar-refractivity contribution in [2.45, 2.75) is 4.90 Å². The largest absolute Gasteiger partial charge is 0.493 e. The first-order chi connectivity index (χ1) is 14.8. The minimum Gasteiger partial charge on any atom is -0.493 e. The van der Waals surface area contributed by atoms with Gasteiger partial charge in [0.25, 0.3) is 15.9 Å². The number of carbonyl (C=O) groups excluding carboxylic acids is 1. The molecule has 0 unspecified atom stereocenters. The fourth-order valence-corrected chi connectivity index (χ4v) is 4.68. The van der Waals surface area contributed by atoms with E-state index in [1.165, 1.54) is 36.4 Å². The molecular formula is C20H18ClN3O6S. The summed E-state index contributed by atoms with van der Waals surface area (Å²) in [6.07, 6.45) is 0.994. The van der Waals surface area contributed by atoms with Crippen molar-refractivity contribution in [3.05, 3.63) is 75.8 Å². The summed E-state index contributed by atoms with van der Waals surface area (Å²) in [6.45, 7) is 1.81. The molecule has 2 aromatic carbocycles. The highest BCUT2D eigenvalue weighted by atomic mass is 35.5. The minimum absolute atomic E-state index is 0.205. The first-order valence-electron chi connectivity index (χ1n) is 9.31. The molecule has 1 aromatic heterocycles. The summed E-state index contributed by atoms with van der Waals surface area (Å²) in [5.41, 5.74) is -0.424. The maximum Gasteiger partial charge on any atom is 0.350 e. The number of hydrogen-bond acceptors (Lipinski definition) is 6. The Morgan fingerprint density at radius 3 is 2.42 bits per heavy atom. The highest BCUT2D eigenvalue weighted by Crippen LogP contribution is 2.21. The number of benzene rings is 2. The Kier molecular flexibility index (Phi) is 5.61. The molecule has 1 N–H and O–H groups in total. The zero-order valence-corrected chi connectivity index (χ0v) is 17.7. The van der Waals surface area contributed by atoms with Gasteiger partial charge < -0.3 is 14.7 Å². The highest BCUT2D eigenvalue weighted by Gasteiger charge is 2.26. The van der Waals surface area contributed by atoms with Gasteiger partial charge in [-0.3, -0.25) is 9.36 Å². The fraction of sp³-hybridized carbons (Fsp3) is 0.200. The Bertz CT molecular complexity index is 1290. The van der Waals surface area contributed by atoms with Crippen molar-refractivity contribution in [2.24, 2.45) is 0 Å². The van der Waals surface area contributed by atoms with Crippen LogP contribution in [0.25, 0.3) is 5.69 Å². The van der Waals surface area contributed by atoms with Gasteiger partial charge in [0.2, 0.25) is 5.88 Å². The van der Waals surface area contributed by atoms with Gasteiger partial charge in [0.05, 0.1) is 30.0 Å². The van der Waals surface area contributed by atoms with Gasteiger partial charge in [-0.15, -0.1) is 3.97 Å². The maximum atomic E-state index is 12.9. The minimum atomic E-state index is -4.36. The van der Waals surface area contributed by atoms with Crippen molar-refractivity contribution in [3.8, 4) is 11.6 Å². The third kappa shape index (κ3) is 3.97. The second-order valence-corrected chi connectivity index (χ2v) is 9.04. The molecule has 31 heavy (non-hydrogen) atoms. The molecule has 11 heteroatoms. The van der Waals surface area contributed by atoms with Gasteiger partial charge >= 0.3 is 5.69 Å². The van der Waals surface area contributed by atoms with Crippen molar-refractivity contribution in [1.82, 2.24) is 13.4 Å². The molecule has 2 heterocycles. The molecule has 0 radical (unpaired) electrons. The molecular weight excluding hydrogens is 446 g/mol. The van der Waals surface area contributed by atoms with Crippen LogP contribution in [-0.4, -0.2) is 59.2 Å². The van der Waals surface area contributed by atoms with Crippen LogP contribution in [0.3, 0.4) is 0 Å². The molecule has 1 fully saturated rings. The van der Waals surface area contributed by atoms with Gasteiger partial charge in [-0.25, -0.2) is 13.2 Å². The summed E-state index contributed by atoms with van der Waals surface area (Å²) in [5.74, 6) is -0.986. The Hall–Kier alpha value is -3.08. The van der Waals surface area contributed by atoms with Gasteiger partial charge in [-0.1, -0.05) is 17.7 Å². The lowest BCUT2D eigenvalue weighted by Crippen LogP contribution is -2.40. The van der Waals surface area contributed by atoms with E-state index in [1.807, 2.05) is 0 Å². The van der Waals surface area contributed by atoms with Crippen molar-refractivity contribution >= 4 is 27.5 Å². The summed E-state index contributed by atoms with van der Waals surface area (Å²) in [4.78, 5) is 27.1. The number of halogens is 1. The standard InChI is InChI=1S/C20H18ClN3O6S/c21-15-4-6-17(7-5-15)31(28,29)24-18(25)13-23(20(24)27)16-3-1-2-14(12-16)19(26)22-8-10-30-11-9-22/h1-7,12-13,25H,8-11H2. The number of rotatable bonds is 4. The lowest BCUT2D eigenvalue weighted by Gasteiger charge is -2.27. The Morgan fingerprint density at radius 1 is 1.06 bits per heavy atom. The van der Waals surface area contributed by atoms with Crippen molar-refractivity contribution in [2.75, 3.05) is 26.3 Å². The van der Waals surface area contributed by atoms with Crippen LogP contribution >= 0.6 is 11.6 Å². The van der Waals surface area contributed by atoms with Crippen LogP contribution in [0.2, 0.25) is 5.02 Å². The summed E-state index contributed by atoms with van der Waals surface area (Å²) >= 11 is 5.80. The number of imidazole rings is 1. The monoisotopic (exact) mass is 463 g/mol. The average Bonchev–Trinajstić information content (AvgIpc) is 3.08. The zero-order chi connectivity index (χ0) is 22.2. The maximum absolute atomic E-state index is 12.9. The van der Waals surface area contributed by atoms with Crippen molar-refractivity contribution in [1.29, 1.82) is 0 Å². The smallest absolute Gasteiger partial charge is 0.350 e. The average molecular weight is 464 g/mol. The van der Waals surface area contributed by atoms with Crippen LogP contribution in [0.5, 0.6) is 5.88 Å². The van der Waals surface area contributed by atoms with E-state index in [4.69, 9.17) is 16.3 Å². The molecule has 9 nitrogen and oxygen atoms in total.